The molecule has 108 valence electrons. The Morgan fingerprint density at radius 2 is 1.84 bits per heavy atom. The maximum atomic E-state index is 6.08. The Hall–Kier alpha value is -1.02. The van der Waals surface area contributed by atoms with Gasteiger partial charge in [0.05, 0.1) is 0 Å². The highest BCUT2D eigenvalue weighted by Crippen LogP contribution is 2.31. The number of hydrogen-bond acceptors (Lipinski definition) is 2. The molecule has 19 heavy (non-hydrogen) atoms. The molecule has 1 rings (SSSR count). The molecule has 0 bridgehead atoms. The van der Waals surface area contributed by atoms with Gasteiger partial charge in [0.15, 0.2) is 0 Å². The van der Waals surface area contributed by atoms with Gasteiger partial charge in [0.1, 0.15) is 12.4 Å². The summed E-state index contributed by atoms with van der Waals surface area (Å²) in [4.78, 5) is 0. The van der Waals surface area contributed by atoms with Crippen molar-refractivity contribution in [2.45, 2.75) is 52.5 Å². The quantitative estimate of drug-likeness (QED) is 0.837. The van der Waals surface area contributed by atoms with Crippen molar-refractivity contribution in [2.24, 2.45) is 5.92 Å². The standard InChI is InChI=1S/C17H29NO/c1-7-13(2)15(18-6)12-19-16-11-9-8-10-14(16)17(3,4)5/h8-11,13,15,18H,7,12H2,1-6H3. The molecule has 0 aromatic heterocycles. The highest BCUT2D eigenvalue weighted by Gasteiger charge is 2.20. The molecule has 2 atom stereocenters. The molecular formula is C17H29NO. The van der Waals surface area contributed by atoms with Gasteiger partial charge in [-0.2, -0.15) is 0 Å². The van der Waals surface area contributed by atoms with Crippen molar-refractivity contribution in [3.05, 3.63) is 29.8 Å². The molecule has 0 heterocycles. The van der Waals surface area contributed by atoms with E-state index >= 15 is 0 Å². The molecule has 0 amide bonds. The van der Waals surface area contributed by atoms with E-state index in [1.807, 2.05) is 13.1 Å². The lowest BCUT2D eigenvalue weighted by Gasteiger charge is -2.26. The van der Waals surface area contributed by atoms with Gasteiger partial charge < -0.3 is 10.1 Å². The van der Waals surface area contributed by atoms with Crippen molar-refractivity contribution < 1.29 is 4.74 Å². The second kappa shape index (κ2) is 6.95. The Morgan fingerprint density at radius 3 is 2.37 bits per heavy atom. The smallest absolute Gasteiger partial charge is 0.123 e. The molecule has 1 N–H and O–H groups in total. The van der Waals surface area contributed by atoms with E-state index in [0.717, 1.165) is 18.8 Å². The number of nitrogens with one attached hydrogen (secondary N) is 1. The van der Waals surface area contributed by atoms with E-state index in [4.69, 9.17) is 4.74 Å². The van der Waals surface area contributed by atoms with Gasteiger partial charge >= 0.3 is 0 Å². The predicted molar refractivity (Wildman–Crippen MR) is 82.9 cm³/mol. The Bertz CT molecular complexity index is 381. The van der Waals surface area contributed by atoms with Crippen molar-refractivity contribution in [1.82, 2.24) is 5.32 Å². The molecule has 1 aromatic rings. The highest BCUT2D eigenvalue weighted by molar-refractivity contribution is 5.38. The first kappa shape index (κ1) is 16.0. The summed E-state index contributed by atoms with van der Waals surface area (Å²) in [5.74, 6) is 1.63. The number of ether oxygens (including phenoxy) is 1. The molecule has 1 aromatic carbocycles. The van der Waals surface area contributed by atoms with Crippen LogP contribution >= 0.6 is 0 Å². The lowest BCUT2D eigenvalue weighted by atomic mass is 9.86. The molecule has 0 aliphatic carbocycles. The van der Waals surface area contributed by atoms with Gasteiger partial charge in [-0.3, -0.25) is 0 Å². The third kappa shape index (κ3) is 4.54. The van der Waals surface area contributed by atoms with E-state index in [1.165, 1.54) is 5.56 Å². The van der Waals surface area contributed by atoms with Crippen molar-refractivity contribution in [3.63, 3.8) is 0 Å². The van der Waals surface area contributed by atoms with Gasteiger partial charge in [0.2, 0.25) is 0 Å². The van der Waals surface area contributed by atoms with Crippen molar-refractivity contribution in [2.75, 3.05) is 13.7 Å². The summed E-state index contributed by atoms with van der Waals surface area (Å²) in [6.07, 6.45) is 1.16. The molecule has 2 heteroatoms. The van der Waals surface area contributed by atoms with Gasteiger partial charge in [-0.05, 0) is 30.0 Å². The van der Waals surface area contributed by atoms with E-state index in [9.17, 15) is 0 Å². The van der Waals surface area contributed by atoms with E-state index in [-0.39, 0.29) is 5.41 Å². The Kier molecular flexibility index (Phi) is 5.86. The van der Waals surface area contributed by atoms with Crippen LogP contribution in [0.1, 0.15) is 46.6 Å². The fourth-order valence-electron chi connectivity index (χ4n) is 2.21. The number of benzene rings is 1. The van der Waals surface area contributed by atoms with Crippen LogP contribution in [0.2, 0.25) is 0 Å². The second-order valence-corrected chi connectivity index (χ2v) is 6.34. The van der Waals surface area contributed by atoms with Gasteiger partial charge in [-0.25, -0.2) is 0 Å². The minimum atomic E-state index is 0.113. The van der Waals surface area contributed by atoms with Crippen LogP contribution in [0, 0.1) is 5.92 Å². The van der Waals surface area contributed by atoms with Crippen LogP contribution in [0.25, 0.3) is 0 Å². The summed E-state index contributed by atoms with van der Waals surface area (Å²) < 4.78 is 6.08. The monoisotopic (exact) mass is 263 g/mol. The normalized spacial score (nSPS) is 15.1. The first-order chi connectivity index (χ1) is 8.90. The third-order valence-electron chi connectivity index (χ3n) is 3.82. The van der Waals surface area contributed by atoms with E-state index < -0.39 is 0 Å². The third-order valence-corrected chi connectivity index (χ3v) is 3.82. The first-order valence-electron chi connectivity index (χ1n) is 7.29. The molecule has 0 radical (unpaired) electrons. The maximum absolute atomic E-state index is 6.08. The number of rotatable bonds is 6. The maximum Gasteiger partial charge on any atom is 0.123 e. The average molecular weight is 263 g/mol. The Labute approximate surface area is 118 Å². The zero-order valence-corrected chi connectivity index (χ0v) is 13.3. The van der Waals surface area contributed by atoms with Crippen LogP contribution < -0.4 is 10.1 Å². The average Bonchev–Trinajstić information content (AvgIpc) is 2.38. The van der Waals surface area contributed by atoms with E-state index in [2.05, 4.69) is 58.1 Å². The minimum Gasteiger partial charge on any atom is -0.492 e. The van der Waals surface area contributed by atoms with Gasteiger partial charge in [0.25, 0.3) is 0 Å². The molecule has 2 unspecified atom stereocenters. The van der Waals surface area contributed by atoms with Gasteiger partial charge in [0, 0.05) is 6.04 Å². The fourth-order valence-corrected chi connectivity index (χ4v) is 2.21. The molecule has 2 nitrogen and oxygen atoms in total. The fraction of sp³-hybridized carbons (Fsp3) is 0.647. The number of likely N-dealkylation sites (N-methyl/N-ethyl adjacent to an activating group) is 1. The van der Waals surface area contributed by atoms with Crippen molar-refractivity contribution >= 4 is 0 Å². The van der Waals surface area contributed by atoms with Crippen LogP contribution in [-0.4, -0.2) is 19.7 Å². The minimum absolute atomic E-state index is 0.113. The van der Waals surface area contributed by atoms with Crippen molar-refractivity contribution in [3.8, 4) is 5.75 Å². The predicted octanol–water partition coefficient (Wildman–Crippen LogP) is 4.00. The largest absolute Gasteiger partial charge is 0.492 e. The van der Waals surface area contributed by atoms with E-state index in [0.29, 0.717) is 12.0 Å². The lowest BCUT2D eigenvalue weighted by Crippen LogP contribution is -2.37. The van der Waals surface area contributed by atoms with Crippen molar-refractivity contribution in [1.29, 1.82) is 0 Å². The van der Waals surface area contributed by atoms with Crippen LogP contribution in [0.4, 0.5) is 0 Å². The molecule has 0 saturated heterocycles. The van der Waals surface area contributed by atoms with Crippen LogP contribution in [0.3, 0.4) is 0 Å². The lowest BCUT2D eigenvalue weighted by molar-refractivity contribution is 0.224. The summed E-state index contributed by atoms with van der Waals surface area (Å²) in [5, 5.41) is 3.36. The summed E-state index contributed by atoms with van der Waals surface area (Å²) in [7, 11) is 2.01. The van der Waals surface area contributed by atoms with E-state index in [1.54, 1.807) is 0 Å². The summed E-state index contributed by atoms with van der Waals surface area (Å²) in [5.41, 5.74) is 1.39. The number of hydrogen-bond donors (Lipinski definition) is 1. The molecule has 0 aliphatic rings. The molecule has 0 aliphatic heterocycles. The summed E-state index contributed by atoms with van der Waals surface area (Å²) >= 11 is 0. The summed E-state index contributed by atoms with van der Waals surface area (Å²) in [6.45, 7) is 11.9. The summed E-state index contributed by atoms with van der Waals surface area (Å²) in [6, 6.07) is 8.76. The van der Waals surface area contributed by atoms with Crippen LogP contribution in [0.15, 0.2) is 24.3 Å². The zero-order valence-electron chi connectivity index (χ0n) is 13.3. The Balaban J connectivity index is 2.78. The van der Waals surface area contributed by atoms with Crippen LogP contribution in [0.5, 0.6) is 5.75 Å². The number of para-hydroxylation sites is 1. The highest BCUT2D eigenvalue weighted by atomic mass is 16.5. The molecule has 0 spiro atoms. The Morgan fingerprint density at radius 1 is 1.21 bits per heavy atom. The zero-order chi connectivity index (χ0) is 14.5. The molecule has 0 saturated carbocycles. The first-order valence-corrected chi connectivity index (χ1v) is 7.29. The topological polar surface area (TPSA) is 21.3 Å². The SMILES string of the molecule is CCC(C)C(COc1ccccc1C(C)(C)C)NC. The second-order valence-electron chi connectivity index (χ2n) is 6.34. The molecule has 0 fully saturated rings. The van der Waals surface area contributed by atoms with Crippen LogP contribution in [-0.2, 0) is 5.41 Å². The van der Waals surface area contributed by atoms with Gasteiger partial charge in [-0.15, -0.1) is 0 Å². The van der Waals surface area contributed by atoms with Gasteiger partial charge in [-0.1, -0.05) is 59.2 Å². The molecular weight excluding hydrogens is 234 g/mol.